The summed E-state index contributed by atoms with van der Waals surface area (Å²) in [7, 11) is 0. The molecule has 0 N–H and O–H groups in total. The van der Waals surface area contributed by atoms with E-state index in [-0.39, 0.29) is 11.5 Å². The van der Waals surface area contributed by atoms with Crippen LogP contribution in [0.2, 0.25) is 0 Å². The Hall–Kier alpha value is -7.83. The largest absolute Gasteiger partial charge is 0.490 e. The molecule has 0 radical (unpaired) electrons. The molecule has 6 nitrogen and oxygen atoms in total. The summed E-state index contributed by atoms with van der Waals surface area (Å²) in [6.07, 6.45) is 4.75. The van der Waals surface area contributed by atoms with Crippen LogP contribution in [0.5, 0.6) is 5.75 Å². The lowest BCUT2D eigenvalue weighted by Crippen LogP contribution is -2.50. The molecule has 1 saturated carbocycles. The maximum Gasteiger partial charge on any atom is 0.164 e. The molecule has 1 spiro atoms. The van der Waals surface area contributed by atoms with Crippen molar-refractivity contribution in [3.63, 3.8) is 0 Å². The number of nitrogens with zero attached hydrogens (tertiary/aromatic N) is 4. The van der Waals surface area contributed by atoms with Gasteiger partial charge in [0.25, 0.3) is 0 Å². The topological polar surface area (TPSA) is 66.0 Å². The molecule has 2 atom stereocenters. The summed E-state index contributed by atoms with van der Waals surface area (Å²) >= 11 is 0. The Morgan fingerprint density at radius 3 is 1.86 bits per heavy atom. The Balaban J connectivity index is 1.02. The van der Waals surface area contributed by atoms with E-state index in [0.717, 1.165) is 73.9 Å². The lowest BCUT2D eigenvalue weighted by Gasteiger charge is -2.50. The van der Waals surface area contributed by atoms with Crippen molar-refractivity contribution in [3.8, 4) is 56.7 Å². The third kappa shape index (κ3) is 4.99. The minimum Gasteiger partial charge on any atom is -0.490 e. The van der Waals surface area contributed by atoms with Crippen molar-refractivity contribution in [3.05, 3.63) is 199 Å². The lowest BCUT2D eigenvalue weighted by molar-refractivity contribution is 0.0429. The van der Waals surface area contributed by atoms with E-state index in [2.05, 4.69) is 114 Å². The van der Waals surface area contributed by atoms with Gasteiger partial charge in [-0.1, -0.05) is 146 Å². The molecule has 1 fully saturated rings. The summed E-state index contributed by atoms with van der Waals surface area (Å²) in [4.78, 5) is 15.3. The van der Waals surface area contributed by atoms with Crippen LogP contribution in [-0.4, -0.2) is 25.6 Å². The van der Waals surface area contributed by atoms with E-state index < -0.39 is 0 Å². The van der Waals surface area contributed by atoms with Crippen LogP contribution in [0.1, 0.15) is 42.4 Å². The highest BCUT2D eigenvalue weighted by atomic mass is 16.5. The molecule has 3 aromatic heterocycles. The smallest absolute Gasteiger partial charge is 0.164 e. The van der Waals surface area contributed by atoms with Crippen LogP contribution in [-0.2, 0) is 5.41 Å². The second-order valence-electron chi connectivity index (χ2n) is 17.7. The molecule has 11 aromatic rings. The number of hydrogen-bond acceptors (Lipinski definition) is 5. The zero-order valence-corrected chi connectivity index (χ0v) is 34.9. The summed E-state index contributed by atoms with van der Waals surface area (Å²) in [6, 6.07) is 65.0. The van der Waals surface area contributed by atoms with E-state index in [0.29, 0.717) is 23.4 Å². The van der Waals surface area contributed by atoms with Crippen molar-refractivity contribution in [2.24, 2.45) is 5.92 Å². The molecule has 0 amide bonds. The maximum absolute atomic E-state index is 7.21. The zero-order chi connectivity index (χ0) is 41.9. The van der Waals surface area contributed by atoms with Gasteiger partial charge in [0.05, 0.1) is 16.4 Å². The van der Waals surface area contributed by atoms with Crippen LogP contribution in [0, 0.1) is 5.92 Å². The van der Waals surface area contributed by atoms with E-state index in [1.54, 1.807) is 0 Å². The highest BCUT2D eigenvalue weighted by Crippen LogP contribution is 2.63. The zero-order valence-electron chi connectivity index (χ0n) is 34.9. The first kappa shape index (κ1) is 35.7. The van der Waals surface area contributed by atoms with E-state index in [9.17, 15) is 0 Å². The van der Waals surface area contributed by atoms with Crippen molar-refractivity contribution in [2.75, 3.05) is 0 Å². The van der Waals surface area contributed by atoms with E-state index in [1.807, 2.05) is 72.8 Å². The number of hydrogen-bond donors (Lipinski definition) is 0. The van der Waals surface area contributed by atoms with Gasteiger partial charge in [-0.15, -0.1) is 0 Å². The van der Waals surface area contributed by atoms with Gasteiger partial charge in [-0.25, -0.2) is 15.0 Å². The Labute approximate surface area is 369 Å². The number of benzene rings is 8. The molecule has 0 bridgehead atoms. The standard InChI is InChI=1S/C58H40N4O2/c1-3-16-35(17-4-1)55-59-56(36-18-5-2-6-19-36)61-57(60-55)41-23-15-29-52-54(41)43-32-37(30-31-50(43)63-52)62-48-27-13-9-22-40(48)42-33-53-47(34-49(42)62)58(46-26-12-14-28-51(46)64-53)44-24-10-7-20-38(44)39-21-8-11-25-45(39)58/h1-11,13,15-25,27,29-34,46,51H,12,14,26,28H2. The van der Waals surface area contributed by atoms with Gasteiger partial charge in [-0.2, -0.15) is 0 Å². The summed E-state index contributed by atoms with van der Waals surface area (Å²) in [6.45, 7) is 0. The molecule has 64 heavy (non-hydrogen) atoms. The highest BCUT2D eigenvalue weighted by Gasteiger charge is 2.57. The normalized spacial score (nSPS) is 17.1. The van der Waals surface area contributed by atoms with Gasteiger partial charge < -0.3 is 13.7 Å². The average molecular weight is 825 g/mol. The van der Waals surface area contributed by atoms with Gasteiger partial charge in [0.2, 0.25) is 0 Å². The minimum absolute atomic E-state index is 0.147. The predicted octanol–water partition coefficient (Wildman–Crippen LogP) is 14.1. The first-order chi connectivity index (χ1) is 31.7. The van der Waals surface area contributed by atoms with Crippen LogP contribution in [0.25, 0.3) is 94.7 Å². The fraction of sp³-hybridized carbons (Fsp3) is 0.121. The van der Waals surface area contributed by atoms with E-state index in [1.165, 1.54) is 51.4 Å². The van der Waals surface area contributed by atoms with E-state index in [4.69, 9.17) is 24.1 Å². The van der Waals surface area contributed by atoms with Crippen molar-refractivity contribution >= 4 is 43.7 Å². The van der Waals surface area contributed by atoms with E-state index >= 15 is 0 Å². The van der Waals surface area contributed by atoms with Crippen LogP contribution in [0.4, 0.5) is 0 Å². The Kier molecular flexibility index (Phi) is 7.58. The third-order valence-electron chi connectivity index (χ3n) is 14.4. The lowest BCUT2D eigenvalue weighted by atomic mass is 9.58. The van der Waals surface area contributed by atoms with Gasteiger partial charge in [0.1, 0.15) is 23.0 Å². The monoisotopic (exact) mass is 824 g/mol. The summed E-state index contributed by atoms with van der Waals surface area (Å²) < 4.78 is 16.3. The second kappa shape index (κ2) is 13.6. The fourth-order valence-corrected chi connectivity index (χ4v) is 11.8. The first-order valence-corrected chi connectivity index (χ1v) is 22.5. The van der Waals surface area contributed by atoms with Crippen molar-refractivity contribution in [2.45, 2.75) is 37.2 Å². The minimum atomic E-state index is -0.331. The molecule has 0 saturated heterocycles. The summed E-state index contributed by atoms with van der Waals surface area (Å²) in [5, 5.41) is 4.35. The molecular formula is C58H40N4O2. The number of para-hydroxylation sites is 1. The quantitative estimate of drug-likeness (QED) is 0.177. The molecular weight excluding hydrogens is 785 g/mol. The van der Waals surface area contributed by atoms with Gasteiger partial charge >= 0.3 is 0 Å². The van der Waals surface area contributed by atoms with Gasteiger partial charge in [0, 0.05) is 55.4 Å². The Morgan fingerprint density at radius 1 is 0.469 bits per heavy atom. The molecule has 8 aromatic carbocycles. The molecule has 304 valence electrons. The average Bonchev–Trinajstić information content (AvgIpc) is 4.00. The number of furan rings is 1. The summed E-state index contributed by atoms with van der Waals surface area (Å²) in [5.74, 6) is 3.17. The van der Waals surface area contributed by atoms with Gasteiger partial charge in [0.15, 0.2) is 17.5 Å². The maximum atomic E-state index is 7.21. The SMILES string of the molecule is c1ccc(-c2nc(-c3ccccc3)nc(-c3cccc4oc5ccc(-n6c7ccccc7c7cc8c(cc76)C6(c7ccccc7-c7ccccc76)C6CCCCC6O8)cc5c34)n2)cc1. The van der Waals surface area contributed by atoms with Crippen LogP contribution in [0.3, 0.4) is 0 Å². The number of fused-ring (bicyclic) bond motifs is 15. The van der Waals surface area contributed by atoms with Crippen molar-refractivity contribution in [1.82, 2.24) is 19.5 Å². The van der Waals surface area contributed by atoms with Gasteiger partial charge in [-0.3, -0.25) is 0 Å². The number of rotatable bonds is 4. The number of aromatic nitrogens is 4. The van der Waals surface area contributed by atoms with Crippen LogP contribution < -0.4 is 4.74 Å². The van der Waals surface area contributed by atoms with Crippen LogP contribution >= 0.6 is 0 Å². The van der Waals surface area contributed by atoms with Crippen LogP contribution in [0.15, 0.2) is 186 Å². The Morgan fingerprint density at radius 2 is 1.11 bits per heavy atom. The molecule has 1 aliphatic heterocycles. The fourth-order valence-electron chi connectivity index (χ4n) is 11.8. The van der Waals surface area contributed by atoms with Gasteiger partial charge in [-0.05, 0) is 84.0 Å². The molecule has 2 unspecified atom stereocenters. The first-order valence-electron chi connectivity index (χ1n) is 22.5. The molecule has 14 rings (SSSR count). The molecule has 2 aliphatic carbocycles. The highest BCUT2D eigenvalue weighted by molar-refractivity contribution is 6.14. The second-order valence-corrected chi connectivity index (χ2v) is 17.7. The third-order valence-corrected chi connectivity index (χ3v) is 14.4. The molecule has 4 heterocycles. The van der Waals surface area contributed by atoms with Crippen molar-refractivity contribution < 1.29 is 9.15 Å². The molecule has 6 heteroatoms. The predicted molar refractivity (Wildman–Crippen MR) is 256 cm³/mol. The Bertz CT molecular complexity index is 3580. The number of ether oxygens (including phenoxy) is 1. The summed E-state index contributed by atoms with van der Waals surface area (Å²) in [5.41, 5.74) is 14.1. The molecule has 3 aliphatic rings. The van der Waals surface area contributed by atoms with Crippen molar-refractivity contribution in [1.29, 1.82) is 0 Å².